The lowest BCUT2D eigenvalue weighted by atomic mass is 10.2. The Kier molecular flexibility index (Phi) is 5.81. The summed E-state index contributed by atoms with van der Waals surface area (Å²) < 4.78 is 8.82. The van der Waals surface area contributed by atoms with Crippen LogP contribution in [0.5, 0.6) is 5.88 Å². The van der Waals surface area contributed by atoms with Crippen LogP contribution < -0.4 is 21.5 Å². The summed E-state index contributed by atoms with van der Waals surface area (Å²) in [6.45, 7) is 0.858. The Morgan fingerprint density at radius 3 is 2.74 bits per heavy atom. The minimum Gasteiger partial charge on any atom is -0.480 e. The highest BCUT2D eigenvalue weighted by atomic mass is 16.5. The van der Waals surface area contributed by atoms with Crippen molar-refractivity contribution in [3.05, 3.63) is 83.9 Å². The van der Waals surface area contributed by atoms with Gasteiger partial charge in [-0.1, -0.05) is 30.3 Å². The molecule has 0 bridgehead atoms. The molecule has 0 spiro atoms. The molecule has 0 saturated heterocycles. The molecule has 4 heterocycles. The van der Waals surface area contributed by atoms with Gasteiger partial charge in [0.2, 0.25) is 5.88 Å². The summed E-state index contributed by atoms with van der Waals surface area (Å²) in [7, 11) is 1.46. The van der Waals surface area contributed by atoms with Crippen molar-refractivity contribution in [3.63, 3.8) is 0 Å². The van der Waals surface area contributed by atoms with Crippen LogP contribution >= 0.6 is 0 Å². The molecular weight excluding hydrogens is 446 g/mol. The number of hydrogen-bond donors (Lipinski definition) is 3. The van der Waals surface area contributed by atoms with Crippen LogP contribution in [0.15, 0.2) is 67.3 Å². The van der Waals surface area contributed by atoms with Gasteiger partial charge in [-0.25, -0.2) is 14.5 Å². The highest BCUT2D eigenvalue weighted by Gasteiger charge is 2.19. The molecule has 4 aromatic heterocycles. The Morgan fingerprint density at radius 1 is 1.14 bits per heavy atom. The fourth-order valence-corrected chi connectivity index (χ4v) is 3.88. The molecule has 0 atom stereocenters. The molecule has 5 rings (SSSR count). The zero-order valence-electron chi connectivity index (χ0n) is 18.9. The molecule has 0 fully saturated rings. The average molecular weight is 470 g/mol. The number of carbonyl (C=O) groups is 1. The van der Waals surface area contributed by atoms with Gasteiger partial charge in [0.05, 0.1) is 36.9 Å². The van der Waals surface area contributed by atoms with E-state index in [9.17, 15) is 4.79 Å². The fourth-order valence-electron chi connectivity index (χ4n) is 3.88. The Bertz CT molecular complexity index is 1510. The smallest absolute Gasteiger partial charge is 0.261 e. The number of hydrogen-bond acceptors (Lipinski definition) is 8. The molecule has 1 aromatic carbocycles. The number of nitrogens with two attached hydrogens (primary N) is 2. The number of rotatable bonds is 7. The molecule has 11 heteroatoms. The van der Waals surface area contributed by atoms with Crippen LogP contribution in [0.2, 0.25) is 0 Å². The van der Waals surface area contributed by atoms with Gasteiger partial charge in [0.1, 0.15) is 17.4 Å². The molecule has 176 valence electrons. The largest absolute Gasteiger partial charge is 0.480 e. The molecule has 0 aliphatic carbocycles. The van der Waals surface area contributed by atoms with E-state index in [0.29, 0.717) is 35.0 Å². The third kappa shape index (κ3) is 4.27. The normalized spacial score (nSPS) is 11.0. The molecule has 0 aliphatic rings. The molecule has 1 amide bonds. The molecule has 0 unspecified atom stereocenters. The SMILES string of the molecule is COc1nc(-c2cc(CN)c3c(N)ncnn23)ccc1C(=O)Nc1cnn(Cc2ccccc2)c1. The van der Waals surface area contributed by atoms with E-state index < -0.39 is 0 Å². The van der Waals surface area contributed by atoms with Crippen LogP contribution in [0.4, 0.5) is 11.5 Å². The van der Waals surface area contributed by atoms with Crippen molar-refractivity contribution in [1.29, 1.82) is 0 Å². The maximum atomic E-state index is 13.0. The summed E-state index contributed by atoms with van der Waals surface area (Å²) in [6, 6.07) is 15.2. The predicted molar refractivity (Wildman–Crippen MR) is 131 cm³/mol. The lowest BCUT2D eigenvalue weighted by Crippen LogP contribution is -2.14. The van der Waals surface area contributed by atoms with E-state index in [1.165, 1.54) is 13.4 Å². The third-order valence-corrected chi connectivity index (χ3v) is 5.52. The van der Waals surface area contributed by atoms with Crippen LogP contribution in [-0.4, -0.2) is 42.4 Å². The number of ether oxygens (including phenoxy) is 1. The molecule has 5 aromatic rings. The van der Waals surface area contributed by atoms with Gasteiger partial charge >= 0.3 is 0 Å². The number of pyridine rings is 1. The fraction of sp³-hybridized carbons (Fsp3) is 0.125. The van der Waals surface area contributed by atoms with E-state index in [1.54, 1.807) is 33.7 Å². The van der Waals surface area contributed by atoms with Crippen LogP contribution in [0.3, 0.4) is 0 Å². The third-order valence-electron chi connectivity index (χ3n) is 5.52. The number of benzene rings is 1. The van der Waals surface area contributed by atoms with E-state index >= 15 is 0 Å². The van der Waals surface area contributed by atoms with Crippen LogP contribution in [0, 0.1) is 0 Å². The van der Waals surface area contributed by atoms with Gasteiger partial charge in [0, 0.05) is 12.7 Å². The number of carbonyl (C=O) groups excluding carboxylic acids is 1. The molecule has 5 N–H and O–H groups in total. The lowest BCUT2D eigenvalue weighted by molar-refractivity contribution is 0.102. The lowest BCUT2D eigenvalue weighted by Gasteiger charge is -2.09. The molecular formula is C24H23N9O2. The zero-order valence-corrected chi connectivity index (χ0v) is 18.9. The number of fused-ring (bicyclic) bond motifs is 1. The number of anilines is 2. The Balaban J connectivity index is 1.40. The van der Waals surface area contributed by atoms with Crippen LogP contribution in [0.25, 0.3) is 16.9 Å². The van der Waals surface area contributed by atoms with Crippen molar-refractivity contribution >= 4 is 22.9 Å². The molecule has 0 radical (unpaired) electrons. The number of nitrogens with zero attached hydrogens (tertiary/aromatic N) is 6. The van der Waals surface area contributed by atoms with Crippen molar-refractivity contribution in [1.82, 2.24) is 29.4 Å². The van der Waals surface area contributed by atoms with E-state index in [0.717, 1.165) is 11.1 Å². The number of nitrogen functional groups attached to an aromatic ring is 1. The summed E-state index contributed by atoms with van der Waals surface area (Å²) in [5, 5.41) is 11.5. The number of amides is 1. The molecule has 0 aliphatic heterocycles. The number of nitrogens with one attached hydrogen (secondary N) is 1. The van der Waals surface area contributed by atoms with Crippen LogP contribution in [0.1, 0.15) is 21.5 Å². The van der Waals surface area contributed by atoms with Crippen molar-refractivity contribution in [2.24, 2.45) is 5.73 Å². The van der Waals surface area contributed by atoms with Crippen molar-refractivity contribution < 1.29 is 9.53 Å². The molecule has 35 heavy (non-hydrogen) atoms. The molecule has 0 saturated carbocycles. The highest BCUT2D eigenvalue weighted by molar-refractivity contribution is 6.05. The van der Waals surface area contributed by atoms with E-state index in [1.807, 2.05) is 36.4 Å². The van der Waals surface area contributed by atoms with Gasteiger partial charge in [-0.3, -0.25) is 9.48 Å². The van der Waals surface area contributed by atoms with E-state index in [-0.39, 0.29) is 23.9 Å². The topological polar surface area (TPSA) is 151 Å². The Labute approximate surface area is 200 Å². The van der Waals surface area contributed by atoms with Crippen molar-refractivity contribution in [2.75, 3.05) is 18.2 Å². The first kappa shape index (κ1) is 22.0. The van der Waals surface area contributed by atoms with Gasteiger partial charge in [0.15, 0.2) is 5.82 Å². The van der Waals surface area contributed by atoms with Crippen molar-refractivity contribution in [3.8, 4) is 17.3 Å². The Morgan fingerprint density at radius 2 is 1.97 bits per heavy atom. The maximum Gasteiger partial charge on any atom is 0.261 e. The molecule has 11 nitrogen and oxygen atoms in total. The summed E-state index contributed by atoms with van der Waals surface area (Å²) in [5.74, 6) is 0.125. The zero-order chi connectivity index (χ0) is 24.4. The second-order valence-corrected chi connectivity index (χ2v) is 7.78. The van der Waals surface area contributed by atoms with Gasteiger partial charge in [-0.05, 0) is 29.3 Å². The second-order valence-electron chi connectivity index (χ2n) is 7.78. The first-order valence-electron chi connectivity index (χ1n) is 10.8. The highest BCUT2D eigenvalue weighted by Crippen LogP contribution is 2.29. The van der Waals surface area contributed by atoms with Gasteiger partial charge in [-0.15, -0.1) is 0 Å². The average Bonchev–Trinajstić information content (AvgIpc) is 3.49. The Hall–Kier alpha value is -4.77. The summed E-state index contributed by atoms with van der Waals surface area (Å²) in [6.07, 6.45) is 4.73. The van der Waals surface area contributed by atoms with Crippen LogP contribution in [-0.2, 0) is 13.1 Å². The quantitative estimate of drug-likeness (QED) is 0.328. The summed E-state index contributed by atoms with van der Waals surface area (Å²) in [4.78, 5) is 21.6. The van der Waals surface area contributed by atoms with Crippen molar-refractivity contribution in [2.45, 2.75) is 13.1 Å². The maximum absolute atomic E-state index is 13.0. The van der Waals surface area contributed by atoms with Gasteiger partial charge < -0.3 is 21.5 Å². The standard InChI is InChI=1S/C24H23N9O2/c1-35-24-18(23(34)30-17-11-28-32(13-17)12-15-5-3-2-4-6-15)7-8-19(31-24)20-9-16(10-25)21-22(26)27-14-29-33(20)21/h2-9,11,13-14H,10,12,25H2,1H3,(H,30,34)(H2,26,27,29). The first-order chi connectivity index (χ1) is 17.1. The summed E-state index contributed by atoms with van der Waals surface area (Å²) in [5.41, 5.74) is 16.5. The monoisotopic (exact) mass is 469 g/mol. The van der Waals surface area contributed by atoms with Gasteiger partial charge in [0.25, 0.3) is 5.91 Å². The first-order valence-corrected chi connectivity index (χ1v) is 10.8. The van der Waals surface area contributed by atoms with Gasteiger partial charge in [-0.2, -0.15) is 10.2 Å². The second kappa shape index (κ2) is 9.23. The number of methoxy groups -OCH3 is 1. The predicted octanol–water partition coefficient (Wildman–Crippen LogP) is 2.34. The van der Waals surface area contributed by atoms with E-state index in [2.05, 4.69) is 25.5 Å². The summed E-state index contributed by atoms with van der Waals surface area (Å²) >= 11 is 0. The van der Waals surface area contributed by atoms with E-state index in [4.69, 9.17) is 16.2 Å². The minimum absolute atomic E-state index is 0.169. The minimum atomic E-state index is -0.366. The number of aromatic nitrogens is 6.